The minimum absolute atomic E-state index is 0.600. The first kappa shape index (κ1) is 84.9. The van der Waals surface area contributed by atoms with Crippen molar-refractivity contribution in [3.05, 3.63) is 87.5 Å². The van der Waals surface area contributed by atoms with E-state index < -0.39 is 0 Å². The van der Waals surface area contributed by atoms with Crippen LogP contribution < -0.4 is 0 Å². The Bertz CT molecular complexity index is 2270. The van der Waals surface area contributed by atoms with Crippen molar-refractivity contribution in [1.82, 2.24) is 0 Å². The maximum Gasteiger partial charge on any atom is 0.211 e. The number of hydrogen-bond acceptors (Lipinski definition) is 0. The molecule has 2 nitrogen and oxygen atoms in total. The molecule has 0 spiro atoms. The van der Waals surface area contributed by atoms with Gasteiger partial charge in [0.2, 0.25) is 11.4 Å². The Morgan fingerprint density at radius 1 is 0.266 bits per heavy atom. The highest BCUT2D eigenvalue weighted by molar-refractivity contribution is 5.83. The van der Waals surface area contributed by atoms with E-state index in [1.54, 1.807) is 4.70 Å². The number of benzene rings is 2. The number of rotatable bonds is 66. The van der Waals surface area contributed by atoms with Crippen LogP contribution in [-0.2, 0) is 12.8 Å². The van der Waals surface area contributed by atoms with Crippen molar-refractivity contribution in [3.63, 3.8) is 0 Å². The molecule has 0 N–H and O–H groups in total. The zero-order valence-corrected chi connectivity index (χ0v) is 63.9. The van der Waals surface area contributed by atoms with Crippen LogP contribution in [0, 0.1) is 35.5 Å². The van der Waals surface area contributed by atoms with Crippen LogP contribution in [-0.4, -0.2) is 4.70 Å². The van der Waals surface area contributed by atoms with Gasteiger partial charge in [-0.05, 0) is 112 Å². The minimum Gasteiger partial charge on any atom is -0.493 e. The molecule has 2 atom stereocenters. The second-order valence-corrected chi connectivity index (χ2v) is 30.0. The van der Waals surface area contributed by atoms with Crippen molar-refractivity contribution in [2.75, 3.05) is 0 Å². The van der Waals surface area contributed by atoms with Crippen LogP contribution in [0.5, 0.6) is 0 Å². The molecule has 0 saturated heterocycles. The van der Waals surface area contributed by atoms with E-state index in [0.29, 0.717) is 11.8 Å². The monoisotopic (exact) mass is 1290 g/mol. The molecule has 94 heavy (non-hydrogen) atoms. The predicted octanol–water partition coefficient (Wildman–Crippen LogP) is 31.5. The van der Waals surface area contributed by atoms with Crippen molar-refractivity contribution in [2.24, 2.45) is 11.8 Å². The molecule has 534 valence electrons. The summed E-state index contributed by atoms with van der Waals surface area (Å²) in [5, 5.41) is 0. The summed E-state index contributed by atoms with van der Waals surface area (Å²) >= 11 is 0. The van der Waals surface area contributed by atoms with E-state index in [1.807, 2.05) is 0 Å². The van der Waals surface area contributed by atoms with E-state index in [-0.39, 0.29) is 0 Å². The molecule has 0 radical (unpaired) electrons. The molecule has 0 fully saturated rings. The fourth-order valence-corrected chi connectivity index (χ4v) is 15.1. The molecule has 0 bridgehead atoms. The lowest BCUT2D eigenvalue weighted by atomic mass is 9.87. The molecular weight excluding hydrogens is 1130 g/mol. The average Bonchev–Trinajstić information content (AvgIpc) is 1.60. The second-order valence-electron chi connectivity index (χ2n) is 30.0. The van der Waals surface area contributed by atoms with Gasteiger partial charge in [-0.3, -0.25) is 0 Å². The molecule has 1 aliphatic rings. The van der Waals surface area contributed by atoms with Gasteiger partial charge in [-0.1, -0.05) is 386 Å². The van der Waals surface area contributed by atoms with Crippen molar-refractivity contribution in [2.45, 2.75) is 452 Å². The number of unbranched alkanes of at least 4 members (excludes halogenated alkanes) is 48. The summed E-state index contributed by atoms with van der Waals surface area (Å²) in [6.07, 6.45) is 84.6. The van der Waals surface area contributed by atoms with Gasteiger partial charge in [0.05, 0.1) is 0 Å². The summed E-state index contributed by atoms with van der Waals surface area (Å²) in [5.74, 6) is 16.0. The van der Waals surface area contributed by atoms with Crippen LogP contribution in [0.1, 0.15) is 462 Å². The Morgan fingerprint density at radius 2 is 0.521 bits per heavy atom. The van der Waals surface area contributed by atoms with Crippen molar-refractivity contribution < 1.29 is 4.70 Å². The Balaban J connectivity index is 1.60. The topological polar surface area (TPSA) is 25.3 Å². The standard InChI is InChI=1S/C92H156N2/c1-7-13-19-22-25-27-29-31-33-35-37-39-41-43-45-47-49-51-53-55-57-62-71-83(69-60-16-10-4)79-81-85-73-65-67-76-87(85)91-89(75-18-12-6)90(78-64-59-24-21-15-9-3)92(94(91)93)88-77-68-66-74-86(88)82-80-84(70-61-17-11-5)72-63-58-56-54-52-50-48-46-44-42-40-38-36-34-32-30-28-26-23-20-14-8-2/h65-68,73-74,76-77,83-84H,7-56,59-61,64,69-72,75,78-82H2,1-6H3. The third-order valence-corrected chi connectivity index (χ3v) is 21.4. The number of hydrogen-bond donors (Lipinski definition) is 0. The van der Waals surface area contributed by atoms with E-state index in [0.717, 1.165) is 88.4 Å². The maximum absolute atomic E-state index is 13.1. The molecule has 1 aliphatic heterocycles. The minimum atomic E-state index is 0.600. The van der Waals surface area contributed by atoms with E-state index in [9.17, 15) is 5.53 Å². The zero-order valence-electron chi connectivity index (χ0n) is 63.9. The second kappa shape index (κ2) is 63.1. The predicted molar refractivity (Wildman–Crippen MR) is 421 cm³/mol. The Labute approximate surface area is 588 Å². The number of allylic oxidation sites excluding steroid dienone is 2. The summed E-state index contributed by atoms with van der Waals surface area (Å²) in [7, 11) is 0. The van der Waals surface area contributed by atoms with Gasteiger partial charge in [0.25, 0.3) is 0 Å². The normalized spacial score (nSPS) is 13.1. The first-order valence-electron chi connectivity index (χ1n) is 42.6. The summed E-state index contributed by atoms with van der Waals surface area (Å²) in [6.45, 7) is 14.0. The van der Waals surface area contributed by atoms with E-state index >= 15 is 0 Å². The summed E-state index contributed by atoms with van der Waals surface area (Å²) in [6, 6.07) is 18.4. The fourth-order valence-electron chi connectivity index (χ4n) is 15.1. The highest BCUT2D eigenvalue weighted by atomic mass is 15.2. The van der Waals surface area contributed by atoms with Gasteiger partial charge in [0, 0.05) is 48.0 Å². The maximum atomic E-state index is 13.1. The highest BCUT2D eigenvalue weighted by Crippen LogP contribution is 2.46. The van der Waals surface area contributed by atoms with Gasteiger partial charge in [-0.15, -0.1) is 23.7 Å². The fraction of sp³-hybridized carbons (Fsp3) is 0.783. The average molecular weight is 1290 g/mol. The van der Waals surface area contributed by atoms with Gasteiger partial charge in [-0.2, -0.15) is 0 Å². The third-order valence-electron chi connectivity index (χ3n) is 21.4. The van der Waals surface area contributed by atoms with Crippen molar-refractivity contribution >= 4 is 11.4 Å². The lowest BCUT2D eigenvalue weighted by Gasteiger charge is -2.18. The van der Waals surface area contributed by atoms with Gasteiger partial charge in [0.15, 0.2) is 0 Å². The van der Waals surface area contributed by atoms with Crippen molar-refractivity contribution in [3.8, 4) is 23.7 Å². The Hall–Kier alpha value is -3.36. The van der Waals surface area contributed by atoms with Crippen LogP contribution in [0.3, 0.4) is 0 Å². The Kier molecular flexibility index (Phi) is 57.0. The Morgan fingerprint density at radius 3 is 0.830 bits per heavy atom. The lowest BCUT2D eigenvalue weighted by molar-refractivity contribution is -0.345. The van der Waals surface area contributed by atoms with Gasteiger partial charge in [-0.25, -0.2) is 4.70 Å². The number of aryl methyl sites for hydroxylation is 2. The molecule has 2 aromatic carbocycles. The lowest BCUT2D eigenvalue weighted by Crippen LogP contribution is -2.09. The first-order valence-corrected chi connectivity index (χ1v) is 42.6. The van der Waals surface area contributed by atoms with E-state index in [4.69, 9.17) is 0 Å². The smallest absolute Gasteiger partial charge is 0.211 e. The van der Waals surface area contributed by atoms with Crippen LogP contribution in [0.25, 0.3) is 16.9 Å². The molecular formula is C92H156N2. The summed E-state index contributed by atoms with van der Waals surface area (Å²) < 4.78 is 1.71. The first-order chi connectivity index (χ1) is 46.5. The van der Waals surface area contributed by atoms with Gasteiger partial charge >= 0.3 is 0 Å². The van der Waals surface area contributed by atoms with E-state index in [2.05, 4.69) is 114 Å². The molecule has 0 amide bonds. The highest BCUT2D eigenvalue weighted by Gasteiger charge is 2.37. The molecule has 0 aliphatic carbocycles. The molecule has 3 rings (SSSR count). The SMILES string of the molecule is CCCCCCCCCCCCCCCCCCCCCC#CCC(CCCCC)CCc1ccccc1C1=C(CCCC)C(CCCCCCCC)=C(c2ccccc2CCC(CC#CCCCCCCCCCCCCCCCCCCCCC)CCCCC)[N+]1=[N-]. The van der Waals surface area contributed by atoms with Crippen molar-refractivity contribution in [1.29, 1.82) is 0 Å². The van der Waals surface area contributed by atoms with Crippen LogP contribution in [0.15, 0.2) is 59.7 Å². The number of nitrogens with zero attached hydrogens (tertiary/aromatic N) is 2. The van der Waals surface area contributed by atoms with Gasteiger partial charge in [0.1, 0.15) is 0 Å². The van der Waals surface area contributed by atoms with Crippen LogP contribution >= 0.6 is 0 Å². The molecule has 2 heteroatoms. The molecule has 2 aromatic rings. The van der Waals surface area contributed by atoms with Crippen LogP contribution in [0.4, 0.5) is 0 Å². The molecule has 0 aromatic heterocycles. The molecule has 0 saturated carbocycles. The van der Waals surface area contributed by atoms with E-state index in [1.165, 1.54) is 367 Å². The quantitative estimate of drug-likeness (QED) is 0.0358. The zero-order chi connectivity index (χ0) is 67.1. The summed E-state index contributed by atoms with van der Waals surface area (Å²) in [4.78, 5) is 0. The van der Waals surface area contributed by atoms with Gasteiger partial charge < -0.3 is 5.53 Å². The third kappa shape index (κ3) is 42.5. The summed E-state index contributed by atoms with van der Waals surface area (Å²) in [5.41, 5.74) is 23.3. The molecule has 1 heterocycles. The molecule has 2 unspecified atom stereocenters. The largest absolute Gasteiger partial charge is 0.493 e. The van der Waals surface area contributed by atoms with Crippen LogP contribution in [0.2, 0.25) is 0 Å².